The Morgan fingerprint density at radius 1 is 1.26 bits per heavy atom. The molecule has 1 aliphatic carbocycles. The number of rotatable bonds is 5. The summed E-state index contributed by atoms with van der Waals surface area (Å²) in [6, 6.07) is 0. The van der Waals surface area contributed by atoms with E-state index in [1.54, 1.807) is 11.3 Å². The van der Waals surface area contributed by atoms with Crippen LogP contribution in [0.5, 0.6) is 0 Å². The first-order chi connectivity index (χ1) is 13.0. The number of nitrogens with two attached hydrogens (primary N) is 1. The summed E-state index contributed by atoms with van der Waals surface area (Å²) in [6.45, 7) is 4.11. The number of aryl methyl sites for hydroxylation is 3. The summed E-state index contributed by atoms with van der Waals surface area (Å²) in [4.78, 5) is 36.3. The zero-order chi connectivity index (χ0) is 19.1. The highest BCUT2D eigenvalue weighted by molar-refractivity contribution is 8.00. The van der Waals surface area contributed by atoms with Crippen LogP contribution in [0.3, 0.4) is 0 Å². The Labute approximate surface area is 168 Å². The fourth-order valence-electron chi connectivity index (χ4n) is 3.31. The van der Waals surface area contributed by atoms with E-state index in [1.807, 2.05) is 6.92 Å². The topological polar surface area (TPSA) is 98.0 Å². The highest BCUT2D eigenvalue weighted by Crippen LogP contribution is 2.39. The van der Waals surface area contributed by atoms with Gasteiger partial charge >= 0.3 is 0 Å². The largest absolute Gasteiger partial charge is 0.365 e. The minimum atomic E-state index is -0.473. The van der Waals surface area contributed by atoms with Gasteiger partial charge in [0.1, 0.15) is 21.2 Å². The van der Waals surface area contributed by atoms with Gasteiger partial charge in [-0.05, 0) is 44.2 Å². The number of carbonyl (C=O) groups is 2. The Morgan fingerprint density at radius 3 is 2.85 bits per heavy atom. The summed E-state index contributed by atoms with van der Waals surface area (Å²) in [5.41, 5.74) is 8.20. The number of anilines is 1. The van der Waals surface area contributed by atoms with Gasteiger partial charge < -0.3 is 11.1 Å². The molecule has 0 saturated heterocycles. The predicted octanol–water partition coefficient (Wildman–Crippen LogP) is 3.69. The van der Waals surface area contributed by atoms with E-state index in [0.717, 1.165) is 50.5 Å². The van der Waals surface area contributed by atoms with Gasteiger partial charge in [0.2, 0.25) is 5.91 Å². The van der Waals surface area contributed by atoms with E-state index < -0.39 is 5.91 Å². The molecule has 0 aliphatic heterocycles. The number of fused-ring (bicyclic) bond motifs is 2. The average molecular weight is 419 g/mol. The molecule has 3 heterocycles. The van der Waals surface area contributed by atoms with Crippen LogP contribution < -0.4 is 11.1 Å². The number of primary amides is 1. The Balaban J connectivity index is 1.51. The van der Waals surface area contributed by atoms with Gasteiger partial charge in [-0.2, -0.15) is 0 Å². The number of hydrogen-bond acceptors (Lipinski definition) is 7. The second-order valence-electron chi connectivity index (χ2n) is 6.40. The van der Waals surface area contributed by atoms with Crippen molar-refractivity contribution in [3.63, 3.8) is 0 Å². The van der Waals surface area contributed by atoms with E-state index in [0.29, 0.717) is 10.6 Å². The van der Waals surface area contributed by atoms with Crippen LogP contribution in [0, 0.1) is 13.8 Å². The van der Waals surface area contributed by atoms with E-state index in [2.05, 4.69) is 22.2 Å². The SMILES string of the molecule is Cc1sc2ncnc(SCC(=O)Nc3sc4c(c3C(N)=O)CCC4)c2c1C. The molecular weight excluding hydrogens is 400 g/mol. The van der Waals surface area contributed by atoms with Crippen LogP contribution >= 0.6 is 34.4 Å². The first-order valence-electron chi connectivity index (χ1n) is 8.53. The monoisotopic (exact) mass is 418 g/mol. The van der Waals surface area contributed by atoms with E-state index in [9.17, 15) is 9.59 Å². The van der Waals surface area contributed by atoms with Gasteiger partial charge in [0.15, 0.2) is 0 Å². The summed E-state index contributed by atoms with van der Waals surface area (Å²) in [5.74, 6) is -0.431. The van der Waals surface area contributed by atoms with Crippen molar-refractivity contribution in [2.45, 2.75) is 38.1 Å². The summed E-state index contributed by atoms with van der Waals surface area (Å²) in [7, 11) is 0. The van der Waals surface area contributed by atoms with Crippen molar-refractivity contribution in [2.75, 3.05) is 11.1 Å². The number of amides is 2. The normalized spacial score (nSPS) is 13.1. The van der Waals surface area contributed by atoms with Crippen molar-refractivity contribution in [1.29, 1.82) is 0 Å². The van der Waals surface area contributed by atoms with Crippen LogP contribution in [0.1, 0.15) is 37.7 Å². The maximum Gasteiger partial charge on any atom is 0.251 e. The van der Waals surface area contributed by atoms with Crippen LogP contribution in [0.2, 0.25) is 0 Å². The van der Waals surface area contributed by atoms with Gasteiger partial charge in [-0.15, -0.1) is 22.7 Å². The zero-order valence-electron chi connectivity index (χ0n) is 14.9. The van der Waals surface area contributed by atoms with Gasteiger partial charge in [-0.1, -0.05) is 11.8 Å². The Bertz CT molecular complexity index is 1070. The van der Waals surface area contributed by atoms with Gasteiger partial charge in [0, 0.05) is 15.1 Å². The minimum absolute atomic E-state index is 0.168. The average Bonchev–Trinajstić information content (AvgIpc) is 3.27. The molecule has 4 rings (SSSR count). The second-order valence-corrected chi connectivity index (χ2v) is 9.68. The number of carbonyl (C=O) groups excluding carboxylic acids is 2. The van der Waals surface area contributed by atoms with Gasteiger partial charge in [0.25, 0.3) is 5.91 Å². The first-order valence-corrected chi connectivity index (χ1v) is 11.1. The molecule has 0 unspecified atom stereocenters. The van der Waals surface area contributed by atoms with Crippen LogP contribution in [0.25, 0.3) is 10.2 Å². The molecule has 1 aliphatic rings. The lowest BCUT2D eigenvalue weighted by Crippen LogP contribution is -2.19. The summed E-state index contributed by atoms with van der Waals surface area (Å²) in [6.07, 6.45) is 4.37. The maximum absolute atomic E-state index is 12.5. The van der Waals surface area contributed by atoms with Crippen molar-refractivity contribution >= 4 is 61.5 Å². The molecule has 3 N–H and O–H groups in total. The van der Waals surface area contributed by atoms with Gasteiger partial charge in [0.05, 0.1) is 11.3 Å². The molecule has 9 heteroatoms. The smallest absolute Gasteiger partial charge is 0.251 e. The molecular formula is C18H18N4O2S3. The summed E-state index contributed by atoms with van der Waals surface area (Å²) < 4.78 is 0. The number of nitrogens with zero attached hydrogens (tertiary/aromatic N) is 2. The zero-order valence-corrected chi connectivity index (χ0v) is 17.4. The van der Waals surface area contributed by atoms with E-state index in [-0.39, 0.29) is 11.7 Å². The van der Waals surface area contributed by atoms with Gasteiger partial charge in [-0.3, -0.25) is 9.59 Å². The molecule has 140 valence electrons. The number of nitrogens with one attached hydrogen (secondary N) is 1. The highest BCUT2D eigenvalue weighted by atomic mass is 32.2. The van der Waals surface area contributed by atoms with Crippen LogP contribution in [-0.2, 0) is 17.6 Å². The lowest BCUT2D eigenvalue weighted by molar-refractivity contribution is -0.113. The van der Waals surface area contributed by atoms with Crippen molar-refractivity contribution < 1.29 is 9.59 Å². The molecule has 6 nitrogen and oxygen atoms in total. The van der Waals surface area contributed by atoms with Crippen LogP contribution in [0.4, 0.5) is 5.00 Å². The molecule has 0 radical (unpaired) electrons. The van der Waals surface area contributed by atoms with E-state index in [1.165, 1.54) is 34.3 Å². The molecule has 27 heavy (non-hydrogen) atoms. The third-order valence-electron chi connectivity index (χ3n) is 4.69. The van der Waals surface area contributed by atoms with E-state index >= 15 is 0 Å². The molecule has 0 bridgehead atoms. The standard InChI is InChI=1S/C18H18N4O2S3/c1-8-9(2)26-17-13(8)16(20-7-21-17)25-6-12(23)22-18-14(15(19)24)10-4-3-5-11(10)27-18/h7H,3-6H2,1-2H3,(H2,19,24)(H,22,23). The van der Waals surface area contributed by atoms with Crippen LogP contribution in [-0.4, -0.2) is 27.5 Å². The van der Waals surface area contributed by atoms with Crippen molar-refractivity contribution in [2.24, 2.45) is 5.73 Å². The third-order valence-corrected chi connectivity index (χ3v) is 8.00. The number of thioether (sulfide) groups is 1. The Morgan fingerprint density at radius 2 is 2.07 bits per heavy atom. The molecule has 3 aromatic heterocycles. The third kappa shape index (κ3) is 3.35. The quantitative estimate of drug-likeness (QED) is 0.486. The number of thiophene rings is 2. The van der Waals surface area contributed by atoms with E-state index in [4.69, 9.17) is 5.73 Å². The minimum Gasteiger partial charge on any atom is -0.365 e. The molecule has 3 aromatic rings. The fraction of sp³-hybridized carbons (Fsp3) is 0.333. The lowest BCUT2D eigenvalue weighted by Gasteiger charge is -2.06. The summed E-state index contributed by atoms with van der Waals surface area (Å²) >= 11 is 4.48. The molecule has 0 atom stereocenters. The van der Waals surface area contributed by atoms with Crippen LogP contribution in [0.15, 0.2) is 11.4 Å². The molecule has 0 saturated carbocycles. The molecule has 2 amide bonds. The Hall–Kier alpha value is -1.97. The van der Waals surface area contributed by atoms with Crippen molar-refractivity contribution in [3.05, 3.63) is 32.8 Å². The maximum atomic E-state index is 12.5. The lowest BCUT2D eigenvalue weighted by atomic mass is 10.1. The second kappa shape index (κ2) is 7.21. The number of hydrogen-bond donors (Lipinski definition) is 2. The molecule has 0 fully saturated rings. The summed E-state index contributed by atoms with van der Waals surface area (Å²) in [5, 5.41) is 5.28. The van der Waals surface area contributed by atoms with Crippen molar-refractivity contribution in [3.8, 4) is 0 Å². The highest BCUT2D eigenvalue weighted by Gasteiger charge is 2.26. The Kier molecular flexibility index (Phi) is 4.92. The van der Waals surface area contributed by atoms with Crippen molar-refractivity contribution in [1.82, 2.24) is 9.97 Å². The first kappa shape index (κ1) is 18.4. The number of aromatic nitrogens is 2. The van der Waals surface area contributed by atoms with Gasteiger partial charge in [-0.25, -0.2) is 9.97 Å². The predicted molar refractivity (Wildman–Crippen MR) is 111 cm³/mol. The fourth-order valence-corrected chi connectivity index (χ4v) is 6.54. The molecule has 0 aromatic carbocycles. The molecule has 0 spiro atoms.